The van der Waals surface area contributed by atoms with E-state index in [1.165, 1.54) is 18.3 Å². The molecule has 1 aromatic heterocycles. The summed E-state index contributed by atoms with van der Waals surface area (Å²) in [6.45, 7) is 0.240. The summed E-state index contributed by atoms with van der Waals surface area (Å²) >= 11 is 0. The van der Waals surface area contributed by atoms with Crippen LogP contribution in [0.25, 0.3) is 6.08 Å². The molecule has 1 atom stereocenters. The molecular formula is C12H13N3O5S. The van der Waals surface area contributed by atoms with Crippen molar-refractivity contribution in [2.75, 3.05) is 6.54 Å². The number of rotatable bonds is 5. The molecule has 0 radical (unpaired) electrons. The van der Waals surface area contributed by atoms with Crippen molar-refractivity contribution in [3.05, 3.63) is 30.1 Å². The lowest BCUT2D eigenvalue weighted by atomic mass is 10.2. The van der Waals surface area contributed by atoms with Crippen LogP contribution < -0.4 is 10.0 Å². The highest BCUT2D eigenvalue weighted by atomic mass is 32.2. The first-order valence-corrected chi connectivity index (χ1v) is 7.50. The van der Waals surface area contributed by atoms with Gasteiger partial charge in [-0.15, -0.1) is 0 Å². The third kappa shape index (κ3) is 4.10. The normalized spacial score (nSPS) is 18.9. The van der Waals surface area contributed by atoms with Crippen LogP contribution in [-0.2, 0) is 19.6 Å². The summed E-state index contributed by atoms with van der Waals surface area (Å²) in [5, 5.41) is 11.1. The van der Waals surface area contributed by atoms with E-state index in [2.05, 4.69) is 15.0 Å². The highest BCUT2D eigenvalue weighted by Gasteiger charge is 2.27. The van der Waals surface area contributed by atoms with Crippen molar-refractivity contribution in [3.63, 3.8) is 0 Å². The monoisotopic (exact) mass is 311 g/mol. The summed E-state index contributed by atoms with van der Waals surface area (Å²) in [5.41, 5.74) is 0.348. The van der Waals surface area contributed by atoms with Crippen molar-refractivity contribution in [2.24, 2.45) is 0 Å². The zero-order valence-electron chi connectivity index (χ0n) is 10.8. The largest absolute Gasteiger partial charge is 0.478 e. The number of pyridine rings is 1. The van der Waals surface area contributed by atoms with E-state index in [1.807, 2.05) is 0 Å². The van der Waals surface area contributed by atoms with E-state index in [0.29, 0.717) is 5.56 Å². The van der Waals surface area contributed by atoms with Gasteiger partial charge in [0.25, 0.3) is 0 Å². The molecule has 1 fully saturated rings. The second kappa shape index (κ2) is 6.02. The van der Waals surface area contributed by atoms with Crippen molar-refractivity contribution in [2.45, 2.75) is 17.4 Å². The maximum Gasteiger partial charge on any atom is 0.328 e. The lowest BCUT2D eigenvalue weighted by Crippen LogP contribution is -2.36. The summed E-state index contributed by atoms with van der Waals surface area (Å²) in [5.74, 6) is -1.35. The molecule has 1 aromatic rings. The van der Waals surface area contributed by atoms with Crippen molar-refractivity contribution in [3.8, 4) is 0 Å². The van der Waals surface area contributed by atoms with Gasteiger partial charge in [-0.25, -0.2) is 17.9 Å². The number of amides is 1. The second-order valence-corrected chi connectivity index (χ2v) is 6.17. The topological polar surface area (TPSA) is 125 Å². The fourth-order valence-corrected chi connectivity index (χ4v) is 3.05. The summed E-state index contributed by atoms with van der Waals surface area (Å²) in [4.78, 5) is 25.2. The molecule has 112 valence electrons. The zero-order valence-corrected chi connectivity index (χ0v) is 11.6. The Morgan fingerprint density at radius 1 is 1.48 bits per heavy atom. The molecule has 0 aromatic carbocycles. The van der Waals surface area contributed by atoms with Crippen molar-refractivity contribution in [1.29, 1.82) is 0 Å². The Morgan fingerprint density at radius 2 is 2.24 bits per heavy atom. The fraction of sp³-hybridized carbons (Fsp3) is 0.250. The summed E-state index contributed by atoms with van der Waals surface area (Å²) in [6, 6.07) is 0.805. The van der Waals surface area contributed by atoms with Gasteiger partial charge in [0.15, 0.2) is 0 Å². The minimum Gasteiger partial charge on any atom is -0.478 e. The van der Waals surface area contributed by atoms with E-state index in [-0.39, 0.29) is 23.8 Å². The molecule has 2 heterocycles. The predicted molar refractivity (Wildman–Crippen MR) is 72.6 cm³/mol. The van der Waals surface area contributed by atoms with E-state index < -0.39 is 22.0 Å². The molecule has 9 heteroatoms. The van der Waals surface area contributed by atoms with Crippen LogP contribution in [0.2, 0.25) is 0 Å². The number of aromatic nitrogens is 1. The molecule has 1 unspecified atom stereocenters. The quantitative estimate of drug-likeness (QED) is 0.620. The number of nitrogens with one attached hydrogen (secondary N) is 2. The zero-order chi connectivity index (χ0) is 15.5. The first kappa shape index (κ1) is 15.1. The molecule has 8 nitrogen and oxygen atoms in total. The number of carboxylic acid groups (broad SMARTS) is 1. The van der Waals surface area contributed by atoms with Gasteiger partial charge in [0.05, 0.1) is 0 Å². The van der Waals surface area contributed by atoms with E-state index in [9.17, 15) is 18.0 Å². The maximum absolute atomic E-state index is 12.2. The lowest BCUT2D eigenvalue weighted by Gasteiger charge is -2.11. The van der Waals surface area contributed by atoms with Gasteiger partial charge in [-0.2, -0.15) is 0 Å². The first-order valence-electron chi connectivity index (χ1n) is 6.02. The SMILES string of the molecule is O=C(O)/C=C/c1cncc(S(=O)(=O)NC2CNC(=O)C2)c1. The number of carbonyl (C=O) groups is 2. The van der Waals surface area contributed by atoms with Gasteiger partial charge in [-0.1, -0.05) is 0 Å². The number of nitrogens with zero attached hydrogens (tertiary/aromatic N) is 1. The molecule has 1 aliphatic rings. The number of hydrogen-bond donors (Lipinski definition) is 3. The van der Waals surface area contributed by atoms with Gasteiger partial charge in [0, 0.05) is 37.5 Å². The molecule has 21 heavy (non-hydrogen) atoms. The number of carboxylic acids is 1. The Hall–Kier alpha value is -2.26. The summed E-state index contributed by atoms with van der Waals surface area (Å²) < 4.78 is 26.7. The van der Waals surface area contributed by atoms with Crippen LogP contribution in [0.15, 0.2) is 29.4 Å². The Balaban J connectivity index is 2.18. The van der Waals surface area contributed by atoms with Gasteiger partial charge in [0.1, 0.15) is 4.90 Å². The molecule has 1 aliphatic heterocycles. The number of carbonyl (C=O) groups excluding carboxylic acids is 1. The van der Waals surface area contributed by atoms with E-state index in [0.717, 1.165) is 12.3 Å². The average molecular weight is 311 g/mol. The van der Waals surface area contributed by atoms with E-state index >= 15 is 0 Å². The Labute approximate surface area is 120 Å². The van der Waals surface area contributed by atoms with Crippen LogP contribution >= 0.6 is 0 Å². The summed E-state index contributed by atoms with van der Waals surface area (Å²) in [6.07, 6.45) is 4.73. The van der Waals surface area contributed by atoms with Crippen LogP contribution in [-0.4, -0.2) is 43.0 Å². The molecule has 0 spiro atoms. The molecule has 1 amide bonds. The van der Waals surface area contributed by atoms with Gasteiger partial charge < -0.3 is 10.4 Å². The van der Waals surface area contributed by atoms with Crippen molar-refractivity contribution in [1.82, 2.24) is 15.0 Å². The Kier molecular flexibility index (Phi) is 4.34. The molecule has 0 aliphatic carbocycles. The smallest absolute Gasteiger partial charge is 0.328 e. The second-order valence-electron chi connectivity index (χ2n) is 4.45. The fourth-order valence-electron chi connectivity index (χ4n) is 1.82. The number of aliphatic carboxylic acids is 1. The standard InChI is InChI=1S/C12H13N3O5S/c16-11-4-9(6-14-11)15-21(19,20)10-3-8(5-13-7-10)1-2-12(17)18/h1-3,5,7,9,15H,4,6H2,(H,14,16)(H,17,18)/b2-1+. The van der Waals surface area contributed by atoms with Crippen LogP contribution in [0.1, 0.15) is 12.0 Å². The van der Waals surface area contributed by atoms with Crippen LogP contribution in [0.5, 0.6) is 0 Å². The Bertz CT molecular complexity index is 699. The Morgan fingerprint density at radius 3 is 2.86 bits per heavy atom. The van der Waals surface area contributed by atoms with Gasteiger partial charge in [-0.05, 0) is 17.7 Å². The molecule has 1 saturated heterocycles. The maximum atomic E-state index is 12.2. The van der Waals surface area contributed by atoms with Crippen LogP contribution in [0.3, 0.4) is 0 Å². The van der Waals surface area contributed by atoms with Crippen molar-refractivity contribution >= 4 is 28.0 Å². The molecular weight excluding hydrogens is 298 g/mol. The third-order valence-corrected chi connectivity index (χ3v) is 4.25. The summed E-state index contributed by atoms with van der Waals surface area (Å²) in [7, 11) is -3.81. The molecule has 2 rings (SSSR count). The van der Waals surface area contributed by atoms with Gasteiger partial charge >= 0.3 is 5.97 Å². The van der Waals surface area contributed by atoms with Crippen LogP contribution in [0, 0.1) is 0 Å². The molecule has 3 N–H and O–H groups in total. The highest BCUT2D eigenvalue weighted by Crippen LogP contribution is 2.13. The van der Waals surface area contributed by atoms with E-state index in [4.69, 9.17) is 5.11 Å². The predicted octanol–water partition coefficient (Wildman–Crippen LogP) is -0.654. The molecule has 0 bridgehead atoms. The van der Waals surface area contributed by atoms with Gasteiger partial charge in [0.2, 0.25) is 15.9 Å². The first-order chi connectivity index (χ1) is 9.87. The number of hydrogen-bond acceptors (Lipinski definition) is 5. The highest BCUT2D eigenvalue weighted by molar-refractivity contribution is 7.89. The minimum absolute atomic E-state index is 0.0885. The third-order valence-electron chi connectivity index (χ3n) is 2.76. The molecule has 0 saturated carbocycles. The van der Waals surface area contributed by atoms with Crippen molar-refractivity contribution < 1.29 is 23.1 Å². The van der Waals surface area contributed by atoms with Crippen LogP contribution in [0.4, 0.5) is 0 Å². The number of sulfonamides is 1. The van der Waals surface area contributed by atoms with Gasteiger partial charge in [-0.3, -0.25) is 9.78 Å². The average Bonchev–Trinajstić information content (AvgIpc) is 2.81. The lowest BCUT2D eigenvalue weighted by molar-refractivity contribution is -0.131. The van der Waals surface area contributed by atoms with E-state index in [1.54, 1.807) is 0 Å². The minimum atomic E-state index is -3.81.